The number of hydrogen-bond donors (Lipinski definition) is 0. The molecule has 0 aliphatic carbocycles. The first-order valence-electron chi connectivity index (χ1n) is 5.28. The minimum absolute atomic E-state index is 0.0760. The van der Waals surface area contributed by atoms with Crippen LogP contribution in [0.1, 0.15) is 33.1 Å². The van der Waals surface area contributed by atoms with E-state index < -0.39 is 0 Å². The van der Waals surface area contributed by atoms with Crippen LogP contribution in [0.4, 0.5) is 0 Å². The van der Waals surface area contributed by atoms with Gasteiger partial charge in [-0.25, -0.2) is 0 Å². The molecule has 0 amide bonds. The van der Waals surface area contributed by atoms with Crippen LogP contribution in [0.5, 0.6) is 0 Å². The molecule has 0 nitrogen and oxygen atoms in total. The van der Waals surface area contributed by atoms with E-state index in [1.807, 2.05) is 0 Å². The first kappa shape index (κ1) is 11.8. The first-order chi connectivity index (χ1) is 6.86. The fraction of sp³-hybridized carbons (Fsp3) is 0.385. The van der Waals surface area contributed by atoms with Gasteiger partial charge in [-0.15, -0.1) is 0 Å². The Morgan fingerprint density at radius 3 is 2.50 bits per heavy atom. The van der Waals surface area contributed by atoms with Crippen LogP contribution in [0.3, 0.4) is 0 Å². The molecule has 0 unspecified atom stereocenters. The second-order valence-corrected chi connectivity index (χ2v) is 6.67. The van der Waals surface area contributed by atoms with Gasteiger partial charge in [0, 0.05) is 0 Å². The van der Waals surface area contributed by atoms with Crippen molar-refractivity contribution >= 4 is 24.5 Å². The zero-order valence-electron chi connectivity index (χ0n) is 8.99. The predicted octanol–water partition coefficient (Wildman–Crippen LogP) is 3.11. The molecule has 0 bridgehead atoms. The van der Waals surface area contributed by atoms with Gasteiger partial charge in [0.05, 0.1) is 0 Å². The van der Waals surface area contributed by atoms with Crippen LogP contribution in [0.25, 0.3) is 0 Å². The molecule has 0 heterocycles. The van der Waals surface area contributed by atoms with E-state index in [9.17, 15) is 0 Å². The van der Waals surface area contributed by atoms with E-state index in [0.29, 0.717) is 0 Å². The van der Waals surface area contributed by atoms with Crippen LogP contribution in [0.2, 0.25) is 0 Å². The zero-order chi connectivity index (χ0) is 10.2. The first-order valence-corrected chi connectivity index (χ1v) is 7.61. The van der Waals surface area contributed by atoms with Crippen molar-refractivity contribution < 1.29 is 0 Å². The average molecular weight is 302 g/mol. The predicted molar refractivity (Wildman–Crippen MR) is 65.1 cm³/mol. The molecule has 0 fully saturated rings. The van der Waals surface area contributed by atoms with E-state index in [2.05, 4.69) is 50.3 Å². The molecule has 1 heteroatoms. The zero-order valence-corrected chi connectivity index (χ0v) is 11.3. The third kappa shape index (κ3) is 4.31. The molecular weight excluding hydrogens is 284 g/mol. The van der Waals surface area contributed by atoms with Gasteiger partial charge in [0.25, 0.3) is 0 Å². The molecule has 76 valence electrons. The summed E-state index contributed by atoms with van der Waals surface area (Å²) in [5.41, 5.74) is 0. The van der Waals surface area contributed by atoms with Crippen molar-refractivity contribution in [2.24, 2.45) is 0 Å². The molecule has 0 aliphatic heterocycles. The Morgan fingerprint density at radius 1 is 1.21 bits per heavy atom. The molecule has 0 spiro atoms. The third-order valence-corrected chi connectivity index (χ3v) is 5.18. The summed E-state index contributed by atoms with van der Waals surface area (Å²) >= 11 is -0.0760. The second-order valence-electron chi connectivity index (χ2n) is 3.24. The molecule has 0 saturated heterocycles. The van der Waals surface area contributed by atoms with Gasteiger partial charge in [-0.2, -0.15) is 0 Å². The van der Waals surface area contributed by atoms with Crippen LogP contribution < -0.4 is 3.61 Å². The molecule has 0 aromatic heterocycles. The van der Waals surface area contributed by atoms with E-state index in [4.69, 9.17) is 0 Å². The SMILES string of the molecule is CC/C=C(\CCC)[Te]c1ccccc1. The standard InChI is InChI=1S/C13H18Te/c1-3-8-12(9-4-2)14-13-10-6-5-7-11-13/h5-8,10-11H,3-4,9H2,1-2H3/b12-8+. The maximum atomic E-state index is 2.43. The van der Waals surface area contributed by atoms with E-state index in [1.54, 1.807) is 7.23 Å². The van der Waals surface area contributed by atoms with E-state index in [-0.39, 0.29) is 20.9 Å². The Kier molecular flexibility index (Phi) is 5.99. The van der Waals surface area contributed by atoms with Gasteiger partial charge in [-0.05, 0) is 0 Å². The van der Waals surface area contributed by atoms with Crippen LogP contribution >= 0.6 is 0 Å². The summed E-state index contributed by atoms with van der Waals surface area (Å²) in [6.45, 7) is 4.50. The molecular formula is C13H18Te. The number of benzene rings is 1. The second kappa shape index (κ2) is 7.10. The Labute approximate surface area is 97.5 Å². The summed E-state index contributed by atoms with van der Waals surface area (Å²) in [5.74, 6) is 0. The molecule has 1 aromatic rings. The van der Waals surface area contributed by atoms with Crippen LogP contribution in [0.15, 0.2) is 40.0 Å². The van der Waals surface area contributed by atoms with Gasteiger partial charge in [0.1, 0.15) is 0 Å². The summed E-state index contributed by atoms with van der Waals surface area (Å²) < 4.78 is 3.28. The Balaban J connectivity index is 2.60. The third-order valence-electron chi connectivity index (χ3n) is 1.92. The monoisotopic (exact) mass is 304 g/mol. The molecule has 0 atom stereocenters. The summed E-state index contributed by atoms with van der Waals surface area (Å²) in [5, 5.41) is 0. The molecule has 1 aromatic carbocycles. The van der Waals surface area contributed by atoms with Crippen molar-refractivity contribution in [2.45, 2.75) is 33.1 Å². The van der Waals surface area contributed by atoms with Crippen molar-refractivity contribution in [3.63, 3.8) is 0 Å². The minimum atomic E-state index is -0.0760. The van der Waals surface area contributed by atoms with E-state index in [1.165, 1.54) is 19.3 Å². The van der Waals surface area contributed by atoms with Crippen LogP contribution in [-0.2, 0) is 0 Å². The fourth-order valence-corrected chi connectivity index (χ4v) is 4.60. The number of hydrogen-bond acceptors (Lipinski definition) is 0. The molecule has 0 N–H and O–H groups in total. The van der Waals surface area contributed by atoms with Crippen molar-refractivity contribution in [1.29, 1.82) is 0 Å². The van der Waals surface area contributed by atoms with Gasteiger partial charge in [0.2, 0.25) is 0 Å². The summed E-state index contributed by atoms with van der Waals surface area (Å²) in [6.07, 6.45) is 6.19. The average Bonchev–Trinajstić information content (AvgIpc) is 2.20. The quantitative estimate of drug-likeness (QED) is 0.733. The summed E-state index contributed by atoms with van der Waals surface area (Å²) in [6, 6.07) is 10.9. The van der Waals surface area contributed by atoms with Crippen LogP contribution in [0, 0.1) is 0 Å². The van der Waals surface area contributed by atoms with Gasteiger partial charge < -0.3 is 0 Å². The van der Waals surface area contributed by atoms with Crippen molar-refractivity contribution in [1.82, 2.24) is 0 Å². The van der Waals surface area contributed by atoms with Crippen molar-refractivity contribution in [2.75, 3.05) is 0 Å². The topological polar surface area (TPSA) is 0 Å². The number of allylic oxidation sites excluding steroid dienone is 2. The van der Waals surface area contributed by atoms with E-state index in [0.717, 1.165) is 0 Å². The molecule has 14 heavy (non-hydrogen) atoms. The van der Waals surface area contributed by atoms with Crippen molar-refractivity contribution in [3.05, 3.63) is 40.0 Å². The summed E-state index contributed by atoms with van der Waals surface area (Å²) in [4.78, 5) is 0. The molecule has 0 saturated carbocycles. The normalized spacial score (nSPS) is 11.7. The van der Waals surface area contributed by atoms with E-state index >= 15 is 0 Å². The molecule has 0 aliphatic rings. The number of rotatable bonds is 5. The van der Waals surface area contributed by atoms with Gasteiger partial charge in [0.15, 0.2) is 0 Å². The van der Waals surface area contributed by atoms with Gasteiger partial charge >= 0.3 is 97.7 Å². The molecule has 1 rings (SSSR count). The fourth-order valence-electron chi connectivity index (χ4n) is 1.31. The Hall–Kier alpha value is -0.250. The van der Waals surface area contributed by atoms with Crippen LogP contribution in [-0.4, -0.2) is 20.9 Å². The Bertz CT molecular complexity index is 275. The Morgan fingerprint density at radius 2 is 1.93 bits per heavy atom. The van der Waals surface area contributed by atoms with Gasteiger partial charge in [-0.1, -0.05) is 0 Å². The molecule has 0 radical (unpaired) electrons. The maximum absolute atomic E-state index is 2.43. The van der Waals surface area contributed by atoms with Crippen molar-refractivity contribution in [3.8, 4) is 0 Å². The summed E-state index contributed by atoms with van der Waals surface area (Å²) in [7, 11) is 0. The van der Waals surface area contributed by atoms with Gasteiger partial charge in [-0.3, -0.25) is 0 Å².